The van der Waals surface area contributed by atoms with Crippen LogP contribution < -0.4 is 0 Å². The van der Waals surface area contributed by atoms with Gasteiger partial charge in [0.2, 0.25) is 5.91 Å². The summed E-state index contributed by atoms with van der Waals surface area (Å²) in [5, 5.41) is 8.66. The molecule has 1 aliphatic rings. The Hall–Kier alpha value is 0.160. The van der Waals surface area contributed by atoms with Crippen LogP contribution in [0.1, 0.15) is 12.8 Å². The van der Waals surface area contributed by atoms with E-state index in [1.54, 1.807) is 3.11 Å². The van der Waals surface area contributed by atoms with Crippen LogP contribution >= 0.6 is 22.9 Å². The summed E-state index contributed by atoms with van der Waals surface area (Å²) in [6, 6.07) is 0.0677. The Kier molecular flexibility index (Phi) is 2.29. The second kappa shape index (κ2) is 2.83. The van der Waals surface area contributed by atoms with Crippen LogP contribution in [-0.4, -0.2) is 26.8 Å². The van der Waals surface area contributed by atoms with Crippen LogP contribution in [0.3, 0.4) is 0 Å². The molecule has 0 aliphatic carbocycles. The zero-order valence-corrected chi connectivity index (χ0v) is 7.04. The molecule has 1 fully saturated rings. The topological polar surface area (TPSA) is 40.5 Å². The lowest BCUT2D eigenvalue weighted by molar-refractivity contribution is -0.123. The molecule has 0 radical (unpaired) electrons. The summed E-state index contributed by atoms with van der Waals surface area (Å²) in [5.74, 6) is 0.134. The summed E-state index contributed by atoms with van der Waals surface area (Å²) in [5.41, 5.74) is 0. The molecule has 1 rings (SSSR count). The highest BCUT2D eigenvalue weighted by molar-refractivity contribution is 14.1. The third kappa shape index (κ3) is 1.35. The zero-order chi connectivity index (χ0) is 6.85. The number of hydrogen-bond donors (Lipinski definition) is 1. The van der Waals surface area contributed by atoms with E-state index in [-0.39, 0.29) is 18.6 Å². The molecule has 3 nitrogen and oxygen atoms in total. The average Bonchev–Trinajstić information content (AvgIpc) is 2.15. The number of halogens is 1. The van der Waals surface area contributed by atoms with Crippen molar-refractivity contribution in [2.75, 3.05) is 6.61 Å². The Morgan fingerprint density at radius 1 is 1.89 bits per heavy atom. The van der Waals surface area contributed by atoms with Gasteiger partial charge in [0.05, 0.1) is 35.5 Å². The van der Waals surface area contributed by atoms with Crippen LogP contribution in [0, 0.1) is 0 Å². The van der Waals surface area contributed by atoms with Crippen LogP contribution in [-0.2, 0) is 4.79 Å². The third-order valence-corrected chi connectivity index (χ3v) is 2.79. The van der Waals surface area contributed by atoms with Gasteiger partial charge < -0.3 is 5.11 Å². The molecule has 0 aromatic heterocycles. The summed E-state index contributed by atoms with van der Waals surface area (Å²) in [6.45, 7) is 0.0919. The highest BCUT2D eigenvalue weighted by Crippen LogP contribution is 2.21. The highest BCUT2D eigenvalue weighted by atomic mass is 127. The van der Waals surface area contributed by atoms with E-state index >= 15 is 0 Å². The van der Waals surface area contributed by atoms with E-state index in [4.69, 9.17) is 5.11 Å². The number of rotatable bonds is 1. The van der Waals surface area contributed by atoms with E-state index < -0.39 is 0 Å². The van der Waals surface area contributed by atoms with Gasteiger partial charge in [0.25, 0.3) is 0 Å². The van der Waals surface area contributed by atoms with Gasteiger partial charge in [0.15, 0.2) is 0 Å². The first-order chi connectivity index (χ1) is 4.25. The predicted octanol–water partition coefficient (Wildman–Crippen LogP) is 0.320. The van der Waals surface area contributed by atoms with Crippen molar-refractivity contribution in [2.45, 2.75) is 18.9 Å². The first-order valence-corrected chi connectivity index (χ1v) is 3.81. The molecule has 0 bridgehead atoms. The van der Waals surface area contributed by atoms with Gasteiger partial charge in [-0.1, -0.05) is 0 Å². The van der Waals surface area contributed by atoms with Gasteiger partial charge in [-0.25, -0.2) is 0 Å². The van der Waals surface area contributed by atoms with Gasteiger partial charge in [-0.3, -0.25) is 7.91 Å². The van der Waals surface area contributed by atoms with E-state index in [9.17, 15) is 4.79 Å². The molecule has 0 unspecified atom stereocenters. The van der Waals surface area contributed by atoms with Crippen molar-refractivity contribution in [3.8, 4) is 0 Å². The molecule has 1 N–H and O–H groups in total. The lowest BCUT2D eigenvalue weighted by Gasteiger charge is -2.13. The van der Waals surface area contributed by atoms with Crippen molar-refractivity contribution in [1.29, 1.82) is 0 Å². The maximum absolute atomic E-state index is 10.8. The normalized spacial score (nSPS) is 27.6. The van der Waals surface area contributed by atoms with E-state index in [1.165, 1.54) is 0 Å². The van der Waals surface area contributed by atoms with Crippen LogP contribution in [0.2, 0.25) is 0 Å². The Balaban J connectivity index is 2.51. The van der Waals surface area contributed by atoms with Gasteiger partial charge in [-0.05, 0) is 6.42 Å². The Labute approximate surface area is 67.5 Å². The molecule has 1 atom stereocenters. The summed E-state index contributed by atoms with van der Waals surface area (Å²) >= 11 is 1.94. The molecular weight excluding hydrogens is 233 g/mol. The Bertz CT molecular complexity index is 128. The molecule has 1 aliphatic heterocycles. The van der Waals surface area contributed by atoms with E-state index in [0.717, 1.165) is 6.42 Å². The number of amides is 1. The van der Waals surface area contributed by atoms with E-state index in [2.05, 4.69) is 0 Å². The van der Waals surface area contributed by atoms with Crippen molar-refractivity contribution in [2.24, 2.45) is 0 Å². The monoisotopic (exact) mass is 241 g/mol. The van der Waals surface area contributed by atoms with Gasteiger partial charge in [0.1, 0.15) is 0 Å². The minimum absolute atomic E-state index is 0.0677. The van der Waals surface area contributed by atoms with Crippen molar-refractivity contribution < 1.29 is 9.90 Å². The summed E-state index contributed by atoms with van der Waals surface area (Å²) in [4.78, 5) is 10.8. The third-order valence-electron chi connectivity index (χ3n) is 1.46. The molecule has 1 saturated heterocycles. The summed E-state index contributed by atoms with van der Waals surface area (Å²) < 4.78 is 1.58. The molecule has 1 heterocycles. The number of hydrogen-bond acceptors (Lipinski definition) is 2. The van der Waals surface area contributed by atoms with Crippen molar-refractivity contribution >= 4 is 28.8 Å². The van der Waals surface area contributed by atoms with Crippen LogP contribution in [0.5, 0.6) is 0 Å². The standard InChI is InChI=1S/C5H8INO2/c6-7-4(3-8)1-2-5(7)9/h4,8H,1-3H2/t4-/m1/s1. The fourth-order valence-electron chi connectivity index (χ4n) is 0.877. The molecule has 0 aromatic rings. The molecule has 4 heteroatoms. The predicted molar refractivity (Wildman–Crippen MR) is 41.0 cm³/mol. The number of aliphatic hydroxyl groups is 1. The molecule has 1 amide bonds. The maximum Gasteiger partial charge on any atom is 0.231 e. The second-order valence-corrected chi connectivity index (χ2v) is 3.12. The Morgan fingerprint density at radius 2 is 2.56 bits per heavy atom. The van der Waals surface area contributed by atoms with Crippen LogP contribution in [0.25, 0.3) is 0 Å². The van der Waals surface area contributed by atoms with Crippen molar-refractivity contribution in [3.05, 3.63) is 0 Å². The van der Waals surface area contributed by atoms with E-state index in [0.29, 0.717) is 6.42 Å². The number of nitrogens with zero attached hydrogens (tertiary/aromatic N) is 1. The summed E-state index contributed by atoms with van der Waals surface area (Å²) in [7, 11) is 0. The largest absolute Gasteiger partial charge is 0.394 e. The zero-order valence-electron chi connectivity index (χ0n) is 4.88. The number of aliphatic hydroxyl groups excluding tert-OH is 1. The molecule has 52 valence electrons. The number of carbonyl (C=O) groups is 1. The second-order valence-electron chi connectivity index (χ2n) is 2.08. The fourth-order valence-corrected chi connectivity index (χ4v) is 1.57. The molecule has 0 spiro atoms. The Morgan fingerprint density at radius 3 is 2.78 bits per heavy atom. The molecular formula is C5H8INO2. The highest BCUT2D eigenvalue weighted by Gasteiger charge is 2.27. The van der Waals surface area contributed by atoms with Gasteiger partial charge in [0, 0.05) is 6.42 Å². The SMILES string of the molecule is O=C1CC[C@H](CO)N1I. The first kappa shape index (κ1) is 7.27. The average molecular weight is 241 g/mol. The lowest BCUT2D eigenvalue weighted by atomic mass is 10.2. The maximum atomic E-state index is 10.8. The molecule has 0 aromatic carbocycles. The smallest absolute Gasteiger partial charge is 0.231 e. The van der Waals surface area contributed by atoms with Crippen LogP contribution in [0.4, 0.5) is 0 Å². The van der Waals surface area contributed by atoms with Gasteiger partial charge >= 0.3 is 0 Å². The molecule has 9 heavy (non-hydrogen) atoms. The first-order valence-electron chi connectivity index (χ1n) is 2.84. The molecule has 0 saturated carbocycles. The van der Waals surface area contributed by atoms with E-state index in [1.807, 2.05) is 22.9 Å². The number of carbonyl (C=O) groups excluding carboxylic acids is 1. The minimum Gasteiger partial charge on any atom is -0.394 e. The van der Waals surface area contributed by atoms with Crippen molar-refractivity contribution in [1.82, 2.24) is 3.11 Å². The van der Waals surface area contributed by atoms with Gasteiger partial charge in [-0.2, -0.15) is 0 Å². The van der Waals surface area contributed by atoms with Gasteiger partial charge in [-0.15, -0.1) is 0 Å². The minimum atomic E-state index is 0.0677. The summed E-state index contributed by atoms with van der Waals surface area (Å²) in [6.07, 6.45) is 1.40. The van der Waals surface area contributed by atoms with Crippen molar-refractivity contribution in [3.63, 3.8) is 0 Å². The fraction of sp³-hybridized carbons (Fsp3) is 0.800. The lowest BCUT2D eigenvalue weighted by Crippen LogP contribution is -2.25. The quantitative estimate of drug-likeness (QED) is 0.530. The van der Waals surface area contributed by atoms with Crippen LogP contribution in [0.15, 0.2) is 0 Å².